The molecule has 0 spiro atoms. The van der Waals surface area contributed by atoms with Gasteiger partial charge >= 0.3 is 0 Å². The molecule has 7 rings (SSSR count). The fraction of sp³-hybridized carbons (Fsp3) is 0.289. The van der Waals surface area contributed by atoms with Gasteiger partial charge in [0, 0.05) is 51.6 Å². The highest BCUT2D eigenvalue weighted by Crippen LogP contribution is 2.44. The summed E-state index contributed by atoms with van der Waals surface area (Å²) in [5.74, 6) is 3.03. The maximum Gasteiger partial charge on any atom is 0.141 e. The van der Waals surface area contributed by atoms with Crippen LogP contribution in [-0.4, -0.2) is 26.4 Å². The second-order valence-electron chi connectivity index (χ2n) is 15.9. The van der Waals surface area contributed by atoms with Crippen molar-refractivity contribution in [3.05, 3.63) is 125 Å². The topological polar surface area (TPSA) is 54.1 Å². The van der Waals surface area contributed by atoms with Gasteiger partial charge in [0.1, 0.15) is 23.1 Å². The Hall–Kier alpha value is -5.36. The van der Waals surface area contributed by atoms with Crippen molar-refractivity contribution < 1.29 is 9.47 Å². The summed E-state index contributed by atoms with van der Waals surface area (Å²) in [4.78, 5) is 4.72. The molecule has 0 aliphatic carbocycles. The Morgan fingerprint density at radius 2 is 1.29 bits per heavy atom. The molecule has 6 heteroatoms. The van der Waals surface area contributed by atoms with Crippen LogP contribution in [0.15, 0.2) is 91.1 Å². The summed E-state index contributed by atoms with van der Waals surface area (Å²) in [5, 5.41) is 7.73. The monoisotopic (exact) mass is 676 g/mol. The number of hydrogen-bond acceptors (Lipinski definition) is 4. The smallest absolute Gasteiger partial charge is 0.141 e. The molecular formula is C45H48N4O2. The molecule has 0 bridgehead atoms. The minimum atomic E-state index is -0.201. The third-order valence-electron chi connectivity index (χ3n) is 9.58. The molecule has 0 N–H and O–H groups in total. The third-order valence-corrected chi connectivity index (χ3v) is 9.58. The molecule has 0 unspecified atom stereocenters. The Morgan fingerprint density at radius 1 is 0.608 bits per heavy atom. The number of ether oxygens (including phenoxy) is 2. The summed E-state index contributed by atoms with van der Waals surface area (Å²) in [5.41, 5.74) is 12.4. The summed E-state index contributed by atoms with van der Waals surface area (Å²) in [6.07, 6.45) is 1.78. The Morgan fingerprint density at radius 3 is 1.98 bits per heavy atom. The predicted molar refractivity (Wildman–Crippen MR) is 211 cm³/mol. The molecule has 0 fully saturated rings. The number of methoxy groups -OCH3 is 1. The van der Waals surface area contributed by atoms with Gasteiger partial charge in [-0.05, 0) is 86.3 Å². The van der Waals surface area contributed by atoms with Crippen LogP contribution in [0.25, 0.3) is 44.4 Å². The highest BCUT2D eigenvalue weighted by molar-refractivity contribution is 6.09. The molecule has 0 aliphatic heterocycles. The van der Waals surface area contributed by atoms with E-state index in [2.05, 4.69) is 145 Å². The van der Waals surface area contributed by atoms with Crippen molar-refractivity contribution in [2.45, 2.75) is 80.1 Å². The van der Waals surface area contributed by atoms with Crippen molar-refractivity contribution in [2.24, 2.45) is 0 Å². The molecular weight excluding hydrogens is 629 g/mol. The van der Waals surface area contributed by atoms with E-state index >= 15 is 0 Å². The van der Waals surface area contributed by atoms with Gasteiger partial charge in [-0.2, -0.15) is 5.10 Å². The molecule has 0 aliphatic rings. The van der Waals surface area contributed by atoms with Gasteiger partial charge in [0.25, 0.3) is 0 Å². The quantitative estimate of drug-likeness (QED) is 0.176. The Bertz CT molecular complexity index is 2430. The van der Waals surface area contributed by atoms with E-state index in [1.165, 1.54) is 33.5 Å². The molecule has 7 aromatic rings. The number of pyridine rings is 1. The molecule has 0 saturated heterocycles. The van der Waals surface area contributed by atoms with Gasteiger partial charge in [-0.15, -0.1) is 0 Å². The molecule has 260 valence electrons. The lowest BCUT2D eigenvalue weighted by Crippen LogP contribution is -2.19. The van der Waals surface area contributed by atoms with Crippen molar-refractivity contribution >= 4 is 21.8 Å². The Kier molecular flexibility index (Phi) is 8.32. The number of nitrogens with zero attached hydrogens (tertiary/aromatic N) is 4. The molecule has 51 heavy (non-hydrogen) atoms. The zero-order valence-corrected chi connectivity index (χ0v) is 31.8. The molecule has 6 nitrogen and oxygen atoms in total. The van der Waals surface area contributed by atoms with Gasteiger partial charge in [-0.25, -0.2) is 9.67 Å². The molecule has 3 aromatic heterocycles. The lowest BCUT2D eigenvalue weighted by molar-refractivity contribution is 0.414. The zero-order chi connectivity index (χ0) is 36.4. The average molecular weight is 677 g/mol. The largest absolute Gasteiger partial charge is 0.497 e. The lowest BCUT2D eigenvalue weighted by Gasteiger charge is -2.26. The molecule has 0 atom stereocenters. The fourth-order valence-corrected chi connectivity index (χ4v) is 7.59. The maximum absolute atomic E-state index is 6.73. The number of aryl methyl sites for hydroxylation is 4. The predicted octanol–water partition coefficient (Wildman–Crippen LogP) is 11.7. The minimum absolute atomic E-state index is 0.182. The number of hydrogen-bond donors (Lipinski definition) is 0. The summed E-state index contributed by atoms with van der Waals surface area (Å²) in [7, 11) is 1.68. The second-order valence-corrected chi connectivity index (χ2v) is 15.9. The summed E-state index contributed by atoms with van der Waals surface area (Å²) < 4.78 is 16.6. The van der Waals surface area contributed by atoms with E-state index in [1.807, 2.05) is 18.2 Å². The molecule has 0 amide bonds. The van der Waals surface area contributed by atoms with Crippen molar-refractivity contribution in [2.75, 3.05) is 7.11 Å². The number of fused-ring (bicyclic) bond motifs is 3. The number of para-hydroxylation sites is 1. The number of benzene rings is 4. The van der Waals surface area contributed by atoms with Crippen LogP contribution in [0.1, 0.15) is 75.2 Å². The average Bonchev–Trinajstić information content (AvgIpc) is 3.61. The van der Waals surface area contributed by atoms with Crippen LogP contribution < -0.4 is 9.47 Å². The summed E-state index contributed by atoms with van der Waals surface area (Å²) >= 11 is 0. The highest BCUT2D eigenvalue weighted by Gasteiger charge is 2.34. The van der Waals surface area contributed by atoms with Crippen molar-refractivity contribution in [3.63, 3.8) is 0 Å². The van der Waals surface area contributed by atoms with E-state index in [-0.39, 0.29) is 10.8 Å². The highest BCUT2D eigenvalue weighted by atomic mass is 16.5. The van der Waals surface area contributed by atoms with Gasteiger partial charge in [0.2, 0.25) is 0 Å². The minimum Gasteiger partial charge on any atom is -0.497 e. The number of aromatic nitrogens is 4. The van der Waals surface area contributed by atoms with Crippen LogP contribution in [0.3, 0.4) is 0 Å². The lowest BCUT2D eigenvalue weighted by atomic mass is 9.79. The van der Waals surface area contributed by atoms with Gasteiger partial charge < -0.3 is 9.47 Å². The van der Waals surface area contributed by atoms with Crippen LogP contribution in [0.2, 0.25) is 0 Å². The maximum atomic E-state index is 6.73. The SMILES string of the molecule is COc1ccnc(-n2c3ccccc3c3ccc(Oc4cc(C)cc(-n5nc(C(C)(C)C)c(-c6c(C)cc(C)cc6C)c5C(C)(C)C)c4)cc32)c1. The molecule has 0 saturated carbocycles. The standard InChI is InChI=1S/C45H48N4O2/c1-27-20-29(3)40(30(4)21-27)41-42(44(5,6)7)47-49(43(41)45(8,9)10)31-22-28(2)23-34(24-31)51-33-16-17-36-35-14-12-13-15-37(35)48(38(36)25-33)39-26-32(50-11)18-19-46-39/h12-26H,1-11H3. The molecule has 3 heterocycles. The van der Waals surface area contributed by atoms with E-state index in [1.54, 1.807) is 13.3 Å². The third kappa shape index (κ3) is 6.18. The summed E-state index contributed by atoms with van der Waals surface area (Å²) in [6.45, 7) is 22.4. The number of rotatable bonds is 6. The van der Waals surface area contributed by atoms with Crippen LogP contribution >= 0.6 is 0 Å². The van der Waals surface area contributed by atoms with Crippen LogP contribution in [0.4, 0.5) is 0 Å². The summed E-state index contributed by atoms with van der Waals surface area (Å²) in [6, 6.07) is 29.5. The fourth-order valence-electron chi connectivity index (χ4n) is 7.59. The van der Waals surface area contributed by atoms with E-state index in [9.17, 15) is 0 Å². The Labute approximate surface area is 301 Å². The van der Waals surface area contributed by atoms with Crippen LogP contribution in [0, 0.1) is 27.7 Å². The van der Waals surface area contributed by atoms with E-state index in [0.29, 0.717) is 0 Å². The van der Waals surface area contributed by atoms with Crippen molar-refractivity contribution in [1.29, 1.82) is 0 Å². The first kappa shape index (κ1) is 34.1. The Balaban J connectivity index is 1.39. The van der Waals surface area contributed by atoms with Gasteiger partial charge in [-0.3, -0.25) is 4.57 Å². The van der Waals surface area contributed by atoms with Crippen molar-refractivity contribution in [3.8, 4) is 39.9 Å². The second kappa shape index (κ2) is 12.4. The van der Waals surface area contributed by atoms with Gasteiger partial charge in [0.15, 0.2) is 0 Å². The van der Waals surface area contributed by atoms with Crippen LogP contribution in [-0.2, 0) is 10.8 Å². The van der Waals surface area contributed by atoms with Crippen LogP contribution in [0.5, 0.6) is 17.2 Å². The zero-order valence-electron chi connectivity index (χ0n) is 31.8. The van der Waals surface area contributed by atoms with Gasteiger partial charge in [-0.1, -0.05) is 77.4 Å². The molecule has 0 radical (unpaired) electrons. The van der Waals surface area contributed by atoms with E-state index < -0.39 is 0 Å². The first-order valence-corrected chi connectivity index (χ1v) is 17.7. The van der Waals surface area contributed by atoms with Gasteiger partial charge in [0.05, 0.1) is 35.2 Å². The first-order valence-electron chi connectivity index (χ1n) is 17.7. The van der Waals surface area contributed by atoms with E-state index in [0.717, 1.165) is 61.8 Å². The van der Waals surface area contributed by atoms with Crippen molar-refractivity contribution in [1.82, 2.24) is 19.3 Å². The molecule has 4 aromatic carbocycles. The van der Waals surface area contributed by atoms with E-state index in [4.69, 9.17) is 19.6 Å². The first-order chi connectivity index (χ1) is 24.1. The normalized spacial score (nSPS) is 12.2.